The van der Waals surface area contributed by atoms with Gasteiger partial charge in [0.25, 0.3) is 0 Å². The van der Waals surface area contributed by atoms with Gasteiger partial charge in [-0.25, -0.2) is 0 Å². The van der Waals surface area contributed by atoms with Crippen LogP contribution in [-0.4, -0.2) is 37.6 Å². The first-order chi connectivity index (χ1) is 9.81. The fraction of sp³-hybridized carbons (Fsp3) is 0.562. The summed E-state index contributed by atoms with van der Waals surface area (Å²) in [6, 6.07) is 8.01. The highest BCUT2D eigenvalue weighted by Crippen LogP contribution is 2.16. The molecule has 1 amide bonds. The van der Waals surface area contributed by atoms with Gasteiger partial charge in [-0.05, 0) is 18.9 Å². The zero-order chi connectivity index (χ0) is 14.2. The van der Waals surface area contributed by atoms with Crippen molar-refractivity contribution in [1.82, 2.24) is 10.2 Å². The van der Waals surface area contributed by atoms with Crippen molar-refractivity contribution in [3.63, 3.8) is 0 Å². The Balaban J connectivity index is 1.74. The predicted octanol–water partition coefficient (Wildman–Crippen LogP) is 2.19. The van der Waals surface area contributed by atoms with Gasteiger partial charge in [-0.2, -0.15) is 0 Å². The van der Waals surface area contributed by atoms with E-state index in [1.165, 1.54) is 6.42 Å². The lowest BCUT2D eigenvalue weighted by Crippen LogP contribution is -2.36. The molecule has 4 nitrogen and oxygen atoms in total. The largest absolute Gasteiger partial charge is 0.496 e. The molecule has 1 aromatic carbocycles. The topological polar surface area (TPSA) is 41.6 Å². The molecule has 0 atom stereocenters. The number of para-hydroxylation sites is 1. The van der Waals surface area contributed by atoms with Crippen molar-refractivity contribution in [3.05, 3.63) is 29.8 Å². The molecular formula is C16H24N2O2. The third-order valence-corrected chi connectivity index (χ3v) is 3.74. The van der Waals surface area contributed by atoms with Crippen LogP contribution >= 0.6 is 0 Å². The van der Waals surface area contributed by atoms with Crippen LogP contribution in [0.25, 0.3) is 0 Å². The van der Waals surface area contributed by atoms with Crippen LogP contribution in [0, 0.1) is 0 Å². The Labute approximate surface area is 121 Å². The number of methoxy groups -OCH3 is 1. The summed E-state index contributed by atoms with van der Waals surface area (Å²) in [5.41, 5.74) is 1.15. The molecule has 20 heavy (non-hydrogen) atoms. The summed E-state index contributed by atoms with van der Waals surface area (Å²) in [4.78, 5) is 13.8. The third-order valence-electron chi connectivity index (χ3n) is 3.74. The summed E-state index contributed by atoms with van der Waals surface area (Å²) in [6.45, 7) is 3.30. The number of likely N-dealkylation sites (tertiary alicyclic amines) is 1. The van der Waals surface area contributed by atoms with Crippen LogP contribution < -0.4 is 10.1 Å². The second-order valence-corrected chi connectivity index (χ2v) is 5.18. The van der Waals surface area contributed by atoms with E-state index in [1.807, 2.05) is 23.1 Å². The van der Waals surface area contributed by atoms with Crippen molar-refractivity contribution in [2.75, 3.05) is 26.7 Å². The summed E-state index contributed by atoms with van der Waals surface area (Å²) in [7, 11) is 1.69. The van der Waals surface area contributed by atoms with E-state index in [2.05, 4.69) is 11.4 Å². The van der Waals surface area contributed by atoms with Gasteiger partial charge >= 0.3 is 0 Å². The third kappa shape index (κ3) is 4.23. The van der Waals surface area contributed by atoms with E-state index in [1.54, 1.807) is 7.11 Å². The number of nitrogens with one attached hydrogen (secondary N) is 1. The van der Waals surface area contributed by atoms with Gasteiger partial charge < -0.3 is 15.0 Å². The van der Waals surface area contributed by atoms with Crippen molar-refractivity contribution in [3.8, 4) is 5.75 Å². The second-order valence-electron chi connectivity index (χ2n) is 5.18. The van der Waals surface area contributed by atoms with E-state index in [4.69, 9.17) is 4.74 Å². The Morgan fingerprint density at radius 2 is 2.10 bits per heavy atom. The monoisotopic (exact) mass is 276 g/mol. The fourth-order valence-corrected chi connectivity index (χ4v) is 2.56. The minimum atomic E-state index is 0.307. The summed E-state index contributed by atoms with van der Waals surface area (Å²) < 4.78 is 5.32. The van der Waals surface area contributed by atoms with Crippen molar-refractivity contribution < 1.29 is 9.53 Å². The molecular weight excluding hydrogens is 252 g/mol. The molecule has 0 aromatic heterocycles. The van der Waals surface area contributed by atoms with Crippen molar-refractivity contribution in [2.24, 2.45) is 0 Å². The van der Waals surface area contributed by atoms with E-state index < -0.39 is 0 Å². The Bertz CT molecular complexity index is 434. The summed E-state index contributed by atoms with van der Waals surface area (Å²) in [5, 5.41) is 3.39. The molecule has 0 spiro atoms. The number of rotatable bonds is 6. The molecule has 0 saturated carbocycles. The summed E-state index contributed by atoms with van der Waals surface area (Å²) >= 11 is 0. The lowest BCUT2D eigenvalue weighted by molar-refractivity contribution is -0.130. The van der Waals surface area contributed by atoms with Gasteiger partial charge in [-0.3, -0.25) is 4.79 Å². The number of carbonyl (C=O) groups is 1. The SMILES string of the molecule is COc1ccccc1CNCCN1CCCCCC1=O. The Morgan fingerprint density at radius 1 is 1.25 bits per heavy atom. The van der Waals surface area contributed by atoms with E-state index in [-0.39, 0.29) is 0 Å². The van der Waals surface area contributed by atoms with Gasteiger partial charge in [-0.1, -0.05) is 24.6 Å². The maximum absolute atomic E-state index is 11.9. The molecule has 1 aliphatic heterocycles. The van der Waals surface area contributed by atoms with Gasteiger partial charge in [0.1, 0.15) is 5.75 Å². The maximum Gasteiger partial charge on any atom is 0.222 e. The minimum absolute atomic E-state index is 0.307. The highest BCUT2D eigenvalue weighted by Gasteiger charge is 2.15. The summed E-state index contributed by atoms with van der Waals surface area (Å²) in [5.74, 6) is 1.22. The van der Waals surface area contributed by atoms with Crippen molar-refractivity contribution in [1.29, 1.82) is 0 Å². The van der Waals surface area contributed by atoms with Gasteiger partial charge in [0.2, 0.25) is 5.91 Å². The number of amides is 1. The van der Waals surface area contributed by atoms with E-state index in [0.29, 0.717) is 12.3 Å². The van der Waals surface area contributed by atoms with Gasteiger partial charge in [-0.15, -0.1) is 0 Å². The molecule has 1 aliphatic rings. The first kappa shape index (κ1) is 14.9. The molecule has 110 valence electrons. The van der Waals surface area contributed by atoms with E-state index >= 15 is 0 Å². The second kappa shape index (κ2) is 7.90. The number of benzene rings is 1. The van der Waals surface area contributed by atoms with Crippen molar-refractivity contribution in [2.45, 2.75) is 32.2 Å². The standard InChI is InChI=1S/C16H24N2O2/c1-20-15-8-5-4-7-14(15)13-17-10-12-18-11-6-2-3-9-16(18)19/h4-5,7-8,17H,2-3,6,9-13H2,1H3. The summed E-state index contributed by atoms with van der Waals surface area (Å²) in [6.07, 6.45) is 4.08. The molecule has 0 radical (unpaired) electrons. The van der Waals surface area contributed by atoms with E-state index in [9.17, 15) is 4.79 Å². The number of hydrogen-bond donors (Lipinski definition) is 1. The highest BCUT2D eigenvalue weighted by molar-refractivity contribution is 5.76. The zero-order valence-electron chi connectivity index (χ0n) is 12.2. The Kier molecular flexibility index (Phi) is 5.87. The molecule has 1 aromatic rings. The fourth-order valence-electron chi connectivity index (χ4n) is 2.56. The lowest BCUT2D eigenvalue weighted by Gasteiger charge is -2.20. The van der Waals surface area contributed by atoms with Crippen LogP contribution in [0.3, 0.4) is 0 Å². The molecule has 1 fully saturated rings. The molecule has 0 unspecified atom stereocenters. The molecule has 1 saturated heterocycles. The molecule has 1 N–H and O–H groups in total. The van der Waals surface area contributed by atoms with Crippen molar-refractivity contribution >= 4 is 5.91 Å². The van der Waals surface area contributed by atoms with Gasteiger partial charge in [0, 0.05) is 38.2 Å². The van der Waals surface area contributed by atoms with Gasteiger partial charge in [0.05, 0.1) is 7.11 Å². The Hall–Kier alpha value is -1.55. The van der Waals surface area contributed by atoms with Gasteiger partial charge in [0.15, 0.2) is 0 Å². The number of carbonyl (C=O) groups excluding carboxylic acids is 1. The normalized spacial score (nSPS) is 16.1. The molecule has 4 heteroatoms. The predicted molar refractivity (Wildman–Crippen MR) is 79.7 cm³/mol. The van der Waals surface area contributed by atoms with Crippen LogP contribution in [0.5, 0.6) is 5.75 Å². The average molecular weight is 276 g/mol. The van der Waals surface area contributed by atoms with Crippen LogP contribution in [0.4, 0.5) is 0 Å². The first-order valence-corrected chi connectivity index (χ1v) is 7.41. The lowest BCUT2D eigenvalue weighted by atomic mass is 10.2. The van der Waals surface area contributed by atoms with E-state index in [0.717, 1.165) is 50.3 Å². The maximum atomic E-state index is 11.9. The number of hydrogen-bond acceptors (Lipinski definition) is 3. The molecule has 1 heterocycles. The average Bonchev–Trinajstić information content (AvgIpc) is 2.69. The Morgan fingerprint density at radius 3 is 2.95 bits per heavy atom. The minimum Gasteiger partial charge on any atom is -0.496 e. The van der Waals surface area contributed by atoms with Crippen LogP contribution in [0.1, 0.15) is 31.2 Å². The number of nitrogens with zero attached hydrogens (tertiary/aromatic N) is 1. The van der Waals surface area contributed by atoms with Crippen LogP contribution in [-0.2, 0) is 11.3 Å². The molecule has 0 bridgehead atoms. The first-order valence-electron chi connectivity index (χ1n) is 7.41. The highest BCUT2D eigenvalue weighted by atomic mass is 16.5. The van der Waals surface area contributed by atoms with Crippen LogP contribution in [0.2, 0.25) is 0 Å². The number of ether oxygens (including phenoxy) is 1. The molecule has 0 aliphatic carbocycles. The zero-order valence-corrected chi connectivity index (χ0v) is 12.2. The van der Waals surface area contributed by atoms with Crippen LogP contribution in [0.15, 0.2) is 24.3 Å². The molecule has 2 rings (SSSR count). The quantitative estimate of drug-likeness (QED) is 0.810. The smallest absolute Gasteiger partial charge is 0.222 e.